The number of phenols is 1. The molecule has 1 atom stereocenters. The lowest BCUT2D eigenvalue weighted by atomic mass is 10.1. The number of hydrogen-bond donors (Lipinski definition) is 4. The van der Waals surface area contributed by atoms with Crippen LogP contribution in [0.3, 0.4) is 0 Å². The first-order valence-electron chi connectivity index (χ1n) is 7.43. The molecule has 1 aromatic heterocycles. The number of aromatic nitrogens is 2. The summed E-state index contributed by atoms with van der Waals surface area (Å²) in [6, 6.07) is 4.76. The Bertz CT molecular complexity index is 911. The van der Waals surface area contributed by atoms with Gasteiger partial charge in [0.15, 0.2) is 6.04 Å². The van der Waals surface area contributed by atoms with E-state index in [1.807, 2.05) is 4.98 Å². The molecule has 1 heterocycles. The molecule has 2 aromatic rings. The van der Waals surface area contributed by atoms with E-state index in [1.54, 1.807) is 19.1 Å². The predicted octanol–water partition coefficient (Wildman–Crippen LogP) is 0.0825. The van der Waals surface area contributed by atoms with Gasteiger partial charge in [-0.05, 0) is 24.6 Å². The SMILES string of the molecule is CCn1c(O)c(C=N[C@H](Cc2ccc(O)cc2)C(=O)O)c(=O)[nH]c1=O. The molecule has 0 aliphatic heterocycles. The number of H-pyrrole nitrogens is 1. The van der Waals surface area contributed by atoms with Crippen molar-refractivity contribution in [2.24, 2.45) is 4.99 Å². The molecule has 0 unspecified atom stereocenters. The number of carbonyl (C=O) groups is 1. The molecule has 0 aliphatic carbocycles. The molecule has 0 fully saturated rings. The largest absolute Gasteiger partial charge is 0.508 e. The molecule has 0 bridgehead atoms. The highest BCUT2D eigenvalue weighted by atomic mass is 16.4. The third-order valence-electron chi connectivity index (χ3n) is 3.56. The lowest BCUT2D eigenvalue weighted by Gasteiger charge is -2.09. The summed E-state index contributed by atoms with van der Waals surface area (Å²) in [6.07, 6.45) is 0.969. The first kappa shape index (κ1) is 18.0. The fraction of sp³-hybridized carbons (Fsp3) is 0.250. The first-order chi connectivity index (χ1) is 11.8. The number of hydrogen-bond acceptors (Lipinski definition) is 6. The van der Waals surface area contributed by atoms with Crippen molar-refractivity contribution in [1.29, 1.82) is 0 Å². The molecular weight excluding hydrogens is 330 g/mol. The average Bonchev–Trinajstić information content (AvgIpc) is 2.55. The van der Waals surface area contributed by atoms with Crippen molar-refractivity contribution >= 4 is 12.2 Å². The zero-order valence-corrected chi connectivity index (χ0v) is 13.3. The van der Waals surface area contributed by atoms with Crippen LogP contribution >= 0.6 is 0 Å². The van der Waals surface area contributed by atoms with E-state index in [1.165, 1.54) is 12.1 Å². The van der Waals surface area contributed by atoms with Crippen molar-refractivity contribution < 1.29 is 20.1 Å². The van der Waals surface area contributed by atoms with Crippen LogP contribution in [-0.4, -0.2) is 43.1 Å². The topological polar surface area (TPSA) is 145 Å². The van der Waals surface area contributed by atoms with Gasteiger partial charge in [-0.3, -0.25) is 19.3 Å². The Balaban J connectivity index is 2.34. The number of nitrogens with one attached hydrogen (secondary N) is 1. The molecule has 132 valence electrons. The zero-order valence-electron chi connectivity index (χ0n) is 13.3. The highest BCUT2D eigenvalue weighted by Gasteiger charge is 2.18. The third kappa shape index (κ3) is 4.14. The van der Waals surface area contributed by atoms with Gasteiger partial charge in [-0.15, -0.1) is 0 Å². The second kappa shape index (κ2) is 7.47. The number of benzene rings is 1. The molecule has 25 heavy (non-hydrogen) atoms. The minimum atomic E-state index is -1.22. The maximum atomic E-state index is 11.8. The Morgan fingerprint density at radius 3 is 2.48 bits per heavy atom. The highest BCUT2D eigenvalue weighted by Crippen LogP contribution is 2.13. The third-order valence-corrected chi connectivity index (χ3v) is 3.56. The summed E-state index contributed by atoms with van der Waals surface area (Å²) in [7, 11) is 0. The molecule has 9 nitrogen and oxygen atoms in total. The van der Waals surface area contributed by atoms with E-state index in [9.17, 15) is 29.7 Å². The van der Waals surface area contributed by atoms with Crippen molar-refractivity contribution in [3.05, 3.63) is 56.2 Å². The normalized spacial score (nSPS) is 12.4. The van der Waals surface area contributed by atoms with Gasteiger partial charge in [0.2, 0.25) is 5.88 Å². The van der Waals surface area contributed by atoms with Gasteiger partial charge in [0.05, 0.1) is 0 Å². The van der Waals surface area contributed by atoms with E-state index >= 15 is 0 Å². The van der Waals surface area contributed by atoms with Crippen LogP contribution in [0.5, 0.6) is 11.6 Å². The summed E-state index contributed by atoms with van der Waals surface area (Å²) in [4.78, 5) is 40.6. The molecule has 0 saturated carbocycles. The van der Waals surface area contributed by atoms with Crippen LogP contribution in [0.4, 0.5) is 0 Å². The number of rotatable bonds is 6. The zero-order chi connectivity index (χ0) is 18.6. The molecule has 0 amide bonds. The van der Waals surface area contributed by atoms with E-state index in [2.05, 4.69) is 4.99 Å². The number of carboxylic acid groups (broad SMARTS) is 1. The van der Waals surface area contributed by atoms with E-state index < -0.39 is 29.1 Å². The fourth-order valence-corrected chi connectivity index (χ4v) is 2.21. The van der Waals surface area contributed by atoms with Gasteiger partial charge in [0.25, 0.3) is 5.56 Å². The average molecular weight is 347 g/mol. The van der Waals surface area contributed by atoms with E-state index in [0.717, 1.165) is 10.8 Å². The highest BCUT2D eigenvalue weighted by molar-refractivity contribution is 5.85. The smallest absolute Gasteiger partial charge is 0.331 e. The van der Waals surface area contributed by atoms with Crippen LogP contribution in [0.25, 0.3) is 0 Å². The van der Waals surface area contributed by atoms with E-state index in [-0.39, 0.29) is 24.3 Å². The fourth-order valence-electron chi connectivity index (χ4n) is 2.21. The van der Waals surface area contributed by atoms with Crippen LogP contribution in [0.1, 0.15) is 18.1 Å². The van der Waals surface area contributed by atoms with Gasteiger partial charge < -0.3 is 15.3 Å². The maximum absolute atomic E-state index is 11.8. The van der Waals surface area contributed by atoms with Crippen molar-refractivity contribution in [2.45, 2.75) is 25.9 Å². The van der Waals surface area contributed by atoms with Crippen LogP contribution in [-0.2, 0) is 17.8 Å². The van der Waals surface area contributed by atoms with Crippen molar-refractivity contribution in [3.8, 4) is 11.6 Å². The quantitative estimate of drug-likeness (QED) is 0.545. The monoisotopic (exact) mass is 347 g/mol. The lowest BCUT2D eigenvalue weighted by Crippen LogP contribution is -2.32. The molecule has 9 heteroatoms. The Morgan fingerprint density at radius 1 is 1.28 bits per heavy atom. The number of nitrogens with zero attached hydrogens (tertiary/aromatic N) is 2. The molecule has 2 rings (SSSR count). The van der Waals surface area contributed by atoms with E-state index in [0.29, 0.717) is 5.56 Å². The van der Waals surface area contributed by atoms with Crippen LogP contribution < -0.4 is 11.2 Å². The number of aromatic hydroxyl groups is 2. The van der Waals surface area contributed by atoms with Gasteiger partial charge in [0.1, 0.15) is 11.3 Å². The molecule has 0 saturated heterocycles. The minimum absolute atomic E-state index is 0.0260. The Hall–Kier alpha value is -3.36. The number of carboxylic acids is 1. The standard InChI is InChI=1S/C16H17N3O6/c1-2-19-14(22)11(13(21)18-16(19)25)8-17-12(15(23)24)7-9-3-5-10(20)6-4-9/h3-6,8,12,20,22H,2,7H2,1H3,(H,23,24)(H,18,21,25)/t12-/m1/s1. The van der Waals surface area contributed by atoms with Gasteiger partial charge in [-0.25, -0.2) is 9.59 Å². The summed E-state index contributed by atoms with van der Waals surface area (Å²) < 4.78 is 0.929. The molecule has 4 N–H and O–H groups in total. The molecular formula is C16H17N3O6. The van der Waals surface area contributed by atoms with Gasteiger partial charge in [0, 0.05) is 19.2 Å². The summed E-state index contributed by atoms with van der Waals surface area (Å²) in [5.41, 5.74) is -1.29. The second-order valence-electron chi connectivity index (χ2n) is 5.24. The molecule has 0 aliphatic rings. The number of phenolic OH excluding ortho intramolecular Hbond substituents is 1. The predicted molar refractivity (Wildman–Crippen MR) is 89.5 cm³/mol. The minimum Gasteiger partial charge on any atom is -0.508 e. The number of aromatic amines is 1. The number of aliphatic imine (C=N–C) groups is 1. The molecule has 1 aromatic carbocycles. The maximum Gasteiger partial charge on any atom is 0.331 e. The van der Waals surface area contributed by atoms with Gasteiger partial charge >= 0.3 is 11.7 Å². The summed E-state index contributed by atoms with van der Waals surface area (Å²) >= 11 is 0. The van der Waals surface area contributed by atoms with Crippen LogP contribution in [0.2, 0.25) is 0 Å². The Labute approximate surface area is 141 Å². The van der Waals surface area contributed by atoms with Crippen LogP contribution in [0.15, 0.2) is 38.8 Å². The summed E-state index contributed by atoms with van der Waals surface area (Å²) in [6.45, 7) is 1.73. The van der Waals surface area contributed by atoms with Crippen molar-refractivity contribution in [3.63, 3.8) is 0 Å². The number of aliphatic carboxylic acids is 1. The lowest BCUT2D eigenvalue weighted by molar-refractivity contribution is -0.138. The first-order valence-corrected chi connectivity index (χ1v) is 7.43. The molecule has 0 spiro atoms. The Kier molecular flexibility index (Phi) is 5.38. The van der Waals surface area contributed by atoms with Gasteiger partial charge in [-0.2, -0.15) is 0 Å². The Morgan fingerprint density at radius 2 is 1.92 bits per heavy atom. The van der Waals surface area contributed by atoms with Crippen molar-refractivity contribution in [1.82, 2.24) is 9.55 Å². The molecule has 0 radical (unpaired) electrons. The van der Waals surface area contributed by atoms with Gasteiger partial charge in [-0.1, -0.05) is 12.1 Å². The van der Waals surface area contributed by atoms with Crippen molar-refractivity contribution in [2.75, 3.05) is 0 Å². The second-order valence-corrected chi connectivity index (χ2v) is 5.24. The summed E-state index contributed by atoms with van der Waals surface area (Å²) in [5, 5.41) is 28.5. The summed E-state index contributed by atoms with van der Waals surface area (Å²) in [5.74, 6) is -1.74. The van der Waals surface area contributed by atoms with E-state index in [4.69, 9.17) is 0 Å². The van der Waals surface area contributed by atoms with Crippen LogP contribution in [0, 0.1) is 0 Å².